The number of phenols is 1. The van der Waals surface area contributed by atoms with Crippen LogP contribution >= 0.6 is 0 Å². The smallest absolute Gasteiger partial charge is 0.138 e. The molecule has 0 fully saturated rings. The summed E-state index contributed by atoms with van der Waals surface area (Å²) in [5.41, 5.74) is 6.24. The van der Waals surface area contributed by atoms with Gasteiger partial charge in [-0.25, -0.2) is 24.3 Å². The Labute approximate surface area is 179 Å². The summed E-state index contributed by atoms with van der Waals surface area (Å²) in [5, 5.41) is 18.1. The molecule has 154 valence electrons. The van der Waals surface area contributed by atoms with Crippen LogP contribution in [-0.4, -0.2) is 40.2 Å². The third kappa shape index (κ3) is 2.95. The predicted octanol–water partition coefficient (Wildman–Crippen LogP) is 4.47. The first-order chi connectivity index (χ1) is 15.7. The maximum absolute atomic E-state index is 13.9. The van der Waals surface area contributed by atoms with Crippen molar-refractivity contribution in [2.45, 2.75) is 0 Å². The SMILES string of the molecule is Oc1cc(F)cc(-c2ccnc3[nH]c(-c4n[nH]c5ccc(-c6cncnc6)nc45)cc23)c1. The van der Waals surface area contributed by atoms with E-state index in [1.54, 1.807) is 24.7 Å². The highest BCUT2D eigenvalue weighted by Crippen LogP contribution is 2.34. The van der Waals surface area contributed by atoms with Crippen LogP contribution in [0.4, 0.5) is 4.39 Å². The van der Waals surface area contributed by atoms with E-state index in [2.05, 4.69) is 30.1 Å². The van der Waals surface area contributed by atoms with E-state index in [4.69, 9.17) is 4.98 Å². The minimum atomic E-state index is -0.513. The average Bonchev–Trinajstić information content (AvgIpc) is 3.42. The highest BCUT2D eigenvalue weighted by atomic mass is 19.1. The van der Waals surface area contributed by atoms with E-state index in [9.17, 15) is 9.50 Å². The van der Waals surface area contributed by atoms with Gasteiger partial charge in [-0.1, -0.05) is 0 Å². The Balaban J connectivity index is 1.52. The fourth-order valence-corrected chi connectivity index (χ4v) is 3.81. The molecule has 1 aromatic carbocycles. The fraction of sp³-hybridized carbons (Fsp3) is 0. The number of nitrogens with zero attached hydrogens (tertiary/aromatic N) is 5. The fourth-order valence-electron chi connectivity index (χ4n) is 3.81. The number of nitrogens with one attached hydrogen (secondary N) is 2. The van der Waals surface area contributed by atoms with E-state index in [-0.39, 0.29) is 5.75 Å². The molecule has 0 saturated carbocycles. The van der Waals surface area contributed by atoms with Gasteiger partial charge in [0.25, 0.3) is 0 Å². The summed E-state index contributed by atoms with van der Waals surface area (Å²) < 4.78 is 13.9. The Hall–Kier alpha value is -4.66. The third-order valence-electron chi connectivity index (χ3n) is 5.24. The molecule has 0 aliphatic carbocycles. The number of halogens is 1. The molecule has 5 heterocycles. The predicted molar refractivity (Wildman–Crippen MR) is 117 cm³/mol. The molecular formula is C23H14FN7O. The van der Waals surface area contributed by atoms with Crippen LogP contribution in [0, 0.1) is 5.82 Å². The molecule has 0 spiro atoms. The molecule has 0 bridgehead atoms. The van der Waals surface area contributed by atoms with Crippen LogP contribution in [0.2, 0.25) is 0 Å². The number of phenolic OH excluding ortho intramolecular Hbond substituents is 1. The molecule has 6 aromatic rings. The van der Waals surface area contributed by atoms with E-state index in [1.165, 1.54) is 18.5 Å². The summed E-state index contributed by atoms with van der Waals surface area (Å²) in [5.74, 6) is -0.652. The molecule has 5 aromatic heterocycles. The second-order valence-electron chi connectivity index (χ2n) is 7.29. The second-order valence-corrected chi connectivity index (χ2v) is 7.29. The zero-order valence-corrected chi connectivity index (χ0v) is 16.4. The zero-order chi connectivity index (χ0) is 21.7. The van der Waals surface area contributed by atoms with E-state index in [1.807, 2.05) is 18.2 Å². The number of H-pyrrole nitrogens is 2. The number of hydrogen-bond acceptors (Lipinski definition) is 6. The summed E-state index contributed by atoms with van der Waals surface area (Å²) in [4.78, 5) is 20.5. The lowest BCUT2D eigenvalue weighted by Gasteiger charge is -2.04. The van der Waals surface area contributed by atoms with Crippen molar-refractivity contribution in [2.24, 2.45) is 0 Å². The van der Waals surface area contributed by atoms with Gasteiger partial charge in [0.1, 0.15) is 34.8 Å². The Kier molecular flexibility index (Phi) is 3.94. The van der Waals surface area contributed by atoms with Crippen molar-refractivity contribution in [3.63, 3.8) is 0 Å². The molecule has 0 unspecified atom stereocenters. The van der Waals surface area contributed by atoms with Gasteiger partial charge in [-0.15, -0.1) is 0 Å². The number of pyridine rings is 2. The molecule has 0 aliphatic heterocycles. The maximum atomic E-state index is 13.9. The molecule has 3 N–H and O–H groups in total. The normalized spacial score (nSPS) is 11.4. The van der Waals surface area contributed by atoms with Crippen molar-refractivity contribution in [3.05, 3.63) is 73.2 Å². The summed E-state index contributed by atoms with van der Waals surface area (Å²) >= 11 is 0. The maximum Gasteiger partial charge on any atom is 0.138 e. The summed E-state index contributed by atoms with van der Waals surface area (Å²) in [7, 11) is 0. The van der Waals surface area contributed by atoms with Crippen molar-refractivity contribution in [2.75, 3.05) is 0 Å². The molecule has 0 radical (unpaired) electrons. The molecule has 0 amide bonds. The molecule has 0 atom stereocenters. The van der Waals surface area contributed by atoms with Crippen LogP contribution in [-0.2, 0) is 0 Å². The van der Waals surface area contributed by atoms with Crippen LogP contribution in [0.5, 0.6) is 5.75 Å². The van der Waals surface area contributed by atoms with Crippen molar-refractivity contribution >= 4 is 22.1 Å². The largest absolute Gasteiger partial charge is 0.508 e. The van der Waals surface area contributed by atoms with Gasteiger partial charge in [-0.3, -0.25) is 5.10 Å². The van der Waals surface area contributed by atoms with Crippen molar-refractivity contribution in [1.29, 1.82) is 0 Å². The lowest BCUT2D eigenvalue weighted by molar-refractivity contribution is 0.469. The number of aromatic hydroxyl groups is 1. The first-order valence-corrected chi connectivity index (χ1v) is 9.74. The minimum Gasteiger partial charge on any atom is -0.508 e. The topological polar surface area (TPSA) is 116 Å². The number of benzene rings is 1. The second kappa shape index (κ2) is 6.95. The molecule has 6 rings (SSSR count). The van der Waals surface area contributed by atoms with Gasteiger partial charge >= 0.3 is 0 Å². The van der Waals surface area contributed by atoms with Gasteiger partial charge < -0.3 is 10.1 Å². The lowest BCUT2D eigenvalue weighted by Crippen LogP contribution is -1.87. The summed E-state index contributed by atoms with van der Waals surface area (Å²) in [6.45, 7) is 0. The van der Waals surface area contributed by atoms with Crippen molar-refractivity contribution in [1.82, 2.24) is 35.1 Å². The van der Waals surface area contributed by atoms with Crippen molar-refractivity contribution in [3.8, 4) is 39.5 Å². The van der Waals surface area contributed by atoms with Gasteiger partial charge in [0.15, 0.2) is 0 Å². The van der Waals surface area contributed by atoms with Crippen LogP contribution in [0.25, 0.3) is 55.8 Å². The number of fused-ring (bicyclic) bond motifs is 2. The summed E-state index contributed by atoms with van der Waals surface area (Å²) in [6, 6.07) is 11.4. The Morgan fingerprint density at radius 3 is 2.66 bits per heavy atom. The first kappa shape index (κ1) is 18.1. The number of hydrogen-bond donors (Lipinski definition) is 3. The van der Waals surface area contributed by atoms with Crippen molar-refractivity contribution < 1.29 is 9.50 Å². The molecular weight excluding hydrogens is 409 g/mol. The van der Waals surface area contributed by atoms with Gasteiger partial charge in [-0.2, -0.15) is 5.10 Å². The third-order valence-corrected chi connectivity index (χ3v) is 5.24. The average molecular weight is 423 g/mol. The van der Waals surface area contributed by atoms with E-state index < -0.39 is 5.82 Å². The van der Waals surface area contributed by atoms with Crippen LogP contribution in [0.3, 0.4) is 0 Å². The van der Waals surface area contributed by atoms with E-state index in [0.29, 0.717) is 28.1 Å². The Morgan fingerprint density at radius 2 is 1.81 bits per heavy atom. The Morgan fingerprint density at radius 1 is 0.938 bits per heavy atom. The highest BCUT2D eigenvalue weighted by Gasteiger charge is 2.16. The standard InChI is InChI=1S/C23H14FN7O/c24-14-5-12(6-15(32)7-14)16-3-4-27-23-17(16)8-20(29-23)22-21-19(30-31-22)2-1-18(28-21)13-9-25-11-26-10-13/h1-11,32H,(H,27,29)(H,30,31). The molecule has 0 saturated heterocycles. The number of rotatable bonds is 3. The highest BCUT2D eigenvalue weighted by molar-refractivity contribution is 5.99. The molecule has 0 aliphatic rings. The van der Waals surface area contributed by atoms with Gasteiger partial charge in [-0.05, 0) is 47.5 Å². The molecule has 9 heteroatoms. The van der Waals surface area contributed by atoms with Gasteiger partial charge in [0, 0.05) is 35.6 Å². The quantitative estimate of drug-likeness (QED) is 0.387. The van der Waals surface area contributed by atoms with Gasteiger partial charge in [0.05, 0.1) is 16.9 Å². The lowest BCUT2D eigenvalue weighted by atomic mass is 10.0. The van der Waals surface area contributed by atoms with E-state index in [0.717, 1.165) is 33.8 Å². The number of aromatic nitrogens is 7. The molecule has 32 heavy (non-hydrogen) atoms. The number of aromatic amines is 2. The van der Waals surface area contributed by atoms with Crippen LogP contribution < -0.4 is 0 Å². The zero-order valence-electron chi connectivity index (χ0n) is 16.4. The van der Waals surface area contributed by atoms with Crippen LogP contribution in [0.15, 0.2) is 67.4 Å². The monoisotopic (exact) mass is 423 g/mol. The Bertz CT molecular complexity index is 1590. The first-order valence-electron chi connectivity index (χ1n) is 9.74. The summed E-state index contributed by atoms with van der Waals surface area (Å²) in [6.07, 6.45) is 6.51. The minimum absolute atomic E-state index is 0.138. The van der Waals surface area contributed by atoms with Crippen LogP contribution in [0.1, 0.15) is 0 Å². The van der Waals surface area contributed by atoms with E-state index >= 15 is 0 Å². The van der Waals surface area contributed by atoms with Gasteiger partial charge in [0.2, 0.25) is 0 Å². The molecule has 8 nitrogen and oxygen atoms in total.